The Morgan fingerprint density at radius 1 is 1.57 bits per heavy atom. The minimum Gasteiger partial charge on any atom is -0.342 e. The Hall–Kier alpha value is -0.800. The van der Waals surface area contributed by atoms with Gasteiger partial charge >= 0.3 is 0 Å². The number of pyridine rings is 1. The number of halogens is 2. The molecule has 3 nitrogen and oxygen atoms in total. The third-order valence-corrected chi connectivity index (χ3v) is 2.55. The highest BCUT2D eigenvalue weighted by atomic mass is 35.5. The maximum atomic E-state index is 11.6. The van der Waals surface area contributed by atoms with Gasteiger partial charge in [0.2, 0.25) is 0 Å². The predicted molar refractivity (Wildman–Crippen MR) is 56.9 cm³/mol. The molecule has 0 spiro atoms. The standard InChI is InChI=1S/C9H10Cl2N2O/c1-3-13(2)9(14)6-4-7(10)8(11)12-5-6/h4-5H,3H2,1-2H3. The van der Waals surface area contributed by atoms with Gasteiger partial charge < -0.3 is 4.90 Å². The van der Waals surface area contributed by atoms with Crippen molar-refractivity contribution in [3.63, 3.8) is 0 Å². The molecule has 0 saturated heterocycles. The summed E-state index contributed by atoms with van der Waals surface area (Å²) in [5.41, 5.74) is 0.448. The molecule has 1 heterocycles. The largest absolute Gasteiger partial charge is 0.342 e. The van der Waals surface area contributed by atoms with Crippen molar-refractivity contribution in [3.05, 3.63) is 28.0 Å². The van der Waals surface area contributed by atoms with E-state index >= 15 is 0 Å². The van der Waals surface area contributed by atoms with Crippen LogP contribution < -0.4 is 0 Å². The Kier molecular flexibility index (Phi) is 3.72. The molecule has 0 bridgehead atoms. The number of carbonyl (C=O) groups is 1. The summed E-state index contributed by atoms with van der Waals surface area (Å²) in [6, 6.07) is 1.52. The Labute approximate surface area is 92.6 Å². The smallest absolute Gasteiger partial charge is 0.255 e. The highest BCUT2D eigenvalue weighted by Crippen LogP contribution is 2.20. The van der Waals surface area contributed by atoms with Crippen molar-refractivity contribution in [2.24, 2.45) is 0 Å². The van der Waals surface area contributed by atoms with Crippen molar-refractivity contribution in [1.82, 2.24) is 9.88 Å². The fourth-order valence-corrected chi connectivity index (χ4v) is 1.17. The van der Waals surface area contributed by atoms with Crippen LogP contribution in [0, 0.1) is 0 Å². The molecule has 5 heteroatoms. The molecule has 1 amide bonds. The zero-order valence-corrected chi connectivity index (χ0v) is 9.43. The van der Waals surface area contributed by atoms with Crippen molar-refractivity contribution in [1.29, 1.82) is 0 Å². The third kappa shape index (κ3) is 2.36. The van der Waals surface area contributed by atoms with Crippen molar-refractivity contribution in [2.75, 3.05) is 13.6 Å². The van der Waals surface area contributed by atoms with E-state index in [4.69, 9.17) is 23.2 Å². The highest BCUT2D eigenvalue weighted by molar-refractivity contribution is 6.41. The average molecular weight is 233 g/mol. The molecule has 1 aromatic rings. The molecule has 76 valence electrons. The molecule has 0 atom stereocenters. The first kappa shape index (κ1) is 11.3. The number of rotatable bonds is 2. The zero-order valence-electron chi connectivity index (χ0n) is 7.92. The SMILES string of the molecule is CCN(C)C(=O)c1cnc(Cl)c(Cl)c1. The summed E-state index contributed by atoms with van der Waals surface area (Å²) in [7, 11) is 1.71. The Balaban J connectivity index is 2.97. The Morgan fingerprint density at radius 3 is 2.71 bits per heavy atom. The number of aromatic nitrogens is 1. The van der Waals surface area contributed by atoms with Gasteiger partial charge in [0.1, 0.15) is 5.15 Å². The molecule has 0 aliphatic carbocycles. The number of carbonyl (C=O) groups excluding carboxylic acids is 1. The molecule has 0 aliphatic heterocycles. The summed E-state index contributed by atoms with van der Waals surface area (Å²) in [6.07, 6.45) is 1.42. The fraction of sp³-hybridized carbons (Fsp3) is 0.333. The highest BCUT2D eigenvalue weighted by Gasteiger charge is 2.11. The number of hydrogen-bond donors (Lipinski definition) is 0. The lowest BCUT2D eigenvalue weighted by Crippen LogP contribution is -2.26. The van der Waals surface area contributed by atoms with Gasteiger partial charge in [0, 0.05) is 19.8 Å². The molecule has 0 aliphatic rings. The molecule has 0 saturated carbocycles. The normalized spacial score (nSPS) is 10.0. The zero-order chi connectivity index (χ0) is 10.7. The Bertz CT molecular complexity index is 355. The second kappa shape index (κ2) is 4.62. The predicted octanol–water partition coefficient (Wildman–Crippen LogP) is 2.48. The minimum absolute atomic E-state index is 0.112. The lowest BCUT2D eigenvalue weighted by Gasteiger charge is -2.14. The molecule has 0 N–H and O–H groups in total. The van der Waals surface area contributed by atoms with E-state index in [1.165, 1.54) is 12.3 Å². The Morgan fingerprint density at radius 2 is 2.21 bits per heavy atom. The molecule has 14 heavy (non-hydrogen) atoms. The van der Waals surface area contributed by atoms with Gasteiger partial charge in [-0.15, -0.1) is 0 Å². The first-order valence-electron chi connectivity index (χ1n) is 4.12. The first-order chi connectivity index (χ1) is 6.56. The number of amides is 1. The van der Waals surface area contributed by atoms with E-state index in [1.807, 2.05) is 6.92 Å². The third-order valence-electron chi connectivity index (χ3n) is 1.86. The van der Waals surface area contributed by atoms with Crippen LogP contribution in [0.3, 0.4) is 0 Å². The second-order valence-electron chi connectivity index (χ2n) is 2.82. The van der Waals surface area contributed by atoms with Crippen LogP contribution in [0.1, 0.15) is 17.3 Å². The van der Waals surface area contributed by atoms with Crippen LogP contribution >= 0.6 is 23.2 Å². The molecule has 0 fully saturated rings. The van der Waals surface area contributed by atoms with E-state index in [0.717, 1.165) is 0 Å². The lowest BCUT2D eigenvalue weighted by atomic mass is 10.2. The first-order valence-corrected chi connectivity index (χ1v) is 4.88. The summed E-state index contributed by atoms with van der Waals surface area (Å²) < 4.78 is 0. The minimum atomic E-state index is -0.112. The van der Waals surface area contributed by atoms with E-state index in [2.05, 4.69) is 4.98 Å². The summed E-state index contributed by atoms with van der Waals surface area (Å²) in [6.45, 7) is 2.53. The molecular formula is C9H10Cl2N2O. The van der Waals surface area contributed by atoms with Gasteiger partial charge in [-0.2, -0.15) is 0 Å². The second-order valence-corrected chi connectivity index (χ2v) is 3.58. The van der Waals surface area contributed by atoms with Crippen molar-refractivity contribution < 1.29 is 4.79 Å². The van der Waals surface area contributed by atoms with Gasteiger partial charge in [-0.25, -0.2) is 4.98 Å². The van der Waals surface area contributed by atoms with Crippen molar-refractivity contribution >= 4 is 29.1 Å². The number of hydrogen-bond acceptors (Lipinski definition) is 2. The van der Waals surface area contributed by atoms with Crippen LogP contribution in [-0.4, -0.2) is 29.4 Å². The van der Waals surface area contributed by atoms with Crippen LogP contribution in [-0.2, 0) is 0 Å². The molecule has 1 rings (SSSR count). The van der Waals surface area contributed by atoms with Crippen molar-refractivity contribution in [3.8, 4) is 0 Å². The summed E-state index contributed by atoms with van der Waals surface area (Å²) in [5, 5.41) is 0.504. The van der Waals surface area contributed by atoms with Gasteiger partial charge in [-0.3, -0.25) is 4.79 Å². The monoisotopic (exact) mass is 232 g/mol. The lowest BCUT2D eigenvalue weighted by molar-refractivity contribution is 0.0802. The quantitative estimate of drug-likeness (QED) is 0.735. The van der Waals surface area contributed by atoms with Gasteiger partial charge in [-0.1, -0.05) is 23.2 Å². The van der Waals surface area contributed by atoms with E-state index in [-0.39, 0.29) is 11.1 Å². The van der Waals surface area contributed by atoms with Crippen LogP contribution in [0.2, 0.25) is 10.2 Å². The molecule has 0 unspecified atom stereocenters. The molecule has 0 radical (unpaired) electrons. The summed E-state index contributed by atoms with van der Waals surface area (Å²) >= 11 is 11.4. The maximum absolute atomic E-state index is 11.6. The summed E-state index contributed by atoms with van der Waals surface area (Å²) in [4.78, 5) is 17.0. The maximum Gasteiger partial charge on any atom is 0.255 e. The fourth-order valence-electron chi connectivity index (χ4n) is 0.902. The molecule has 1 aromatic heterocycles. The van der Waals surface area contributed by atoms with Gasteiger partial charge in [0.05, 0.1) is 10.6 Å². The number of nitrogens with zero attached hydrogens (tertiary/aromatic N) is 2. The average Bonchev–Trinajstić information content (AvgIpc) is 2.20. The van der Waals surface area contributed by atoms with Crippen LogP contribution in [0.4, 0.5) is 0 Å². The van der Waals surface area contributed by atoms with E-state index in [0.29, 0.717) is 17.1 Å². The molecular weight excluding hydrogens is 223 g/mol. The van der Waals surface area contributed by atoms with E-state index < -0.39 is 0 Å². The van der Waals surface area contributed by atoms with Gasteiger partial charge in [0.15, 0.2) is 0 Å². The molecule has 0 aromatic carbocycles. The van der Waals surface area contributed by atoms with Crippen LogP contribution in [0.5, 0.6) is 0 Å². The van der Waals surface area contributed by atoms with Gasteiger partial charge in [-0.05, 0) is 13.0 Å². The topological polar surface area (TPSA) is 33.2 Å². The van der Waals surface area contributed by atoms with E-state index in [1.54, 1.807) is 11.9 Å². The summed E-state index contributed by atoms with van der Waals surface area (Å²) in [5.74, 6) is -0.112. The van der Waals surface area contributed by atoms with Gasteiger partial charge in [0.25, 0.3) is 5.91 Å². The van der Waals surface area contributed by atoms with E-state index in [9.17, 15) is 4.79 Å². The van der Waals surface area contributed by atoms with Crippen molar-refractivity contribution in [2.45, 2.75) is 6.92 Å². The van der Waals surface area contributed by atoms with Crippen LogP contribution in [0.25, 0.3) is 0 Å². The van der Waals surface area contributed by atoms with Crippen LogP contribution in [0.15, 0.2) is 12.3 Å².